The average Bonchev–Trinajstić information content (AvgIpc) is 3.16. The van der Waals surface area contributed by atoms with Gasteiger partial charge in [0.15, 0.2) is 0 Å². The molecule has 0 amide bonds. The van der Waals surface area contributed by atoms with Crippen LogP contribution >= 0.6 is 11.3 Å². The van der Waals surface area contributed by atoms with Crippen LogP contribution in [0.2, 0.25) is 0 Å². The molecule has 31 heavy (non-hydrogen) atoms. The third-order valence-corrected chi connectivity index (χ3v) is 7.74. The number of rotatable bonds is 6. The van der Waals surface area contributed by atoms with E-state index < -0.39 is 0 Å². The number of likely N-dealkylation sites (N-methyl/N-ethyl adjacent to an activating group) is 1. The summed E-state index contributed by atoms with van der Waals surface area (Å²) >= 11 is 1.76. The molecule has 5 rings (SSSR count). The summed E-state index contributed by atoms with van der Waals surface area (Å²) in [6, 6.07) is 18.0. The zero-order valence-corrected chi connectivity index (χ0v) is 19.5. The van der Waals surface area contributed by atoms with Crippen molar-refractivity contribution < 1.29 is 4.74 Å². The molecule has 2 fully saturated rings. The van der Waals surface area contributed by atoms with E-state index in [1.807, 2.05) is 0 Å². The quantitative estimate of drug-likeness (QED) is 0.577. The van der Waals surface area contributed by atoms with Gasteiger partial charge in [0.25, 0.3) is 0 Å². The highest BCUT2D eigenvalue weighted by molar-refractivity contribution is 7.18. The molecule has 5 nitrogen and oxygen atoms in total. The van der Waals surface area contributed by atoms with Crippen LogP contribution in [0.25, 0.3) is 10.2 Å². The lowest BCUT2D eigenvalue weighted by Gasteiger charge is -2.44. The van der Waals surface area contributed by atoms with Gasteiger partial charge in [-0.2, -0.15) is 0 Å². The van der Waals surface area contributed by atoms with E-state index in [1.54, 1.807) is 11.3 Å². The second kappa shape index (κ2) is 8.87. The highest BCUT2D eigenvalue weighted by atomic mass is 32.1. The van der Waals surface area contributed by atoms with Crippen molar-refractivity contribution in [3.8, 4) is 0 Å². The molecule has 0 saturated carbocycles. The van der Waals surface area contributed by atoms with Crippen LogP contribution in [0.15, 0.2) is 48.5 Å². The predicted octanol–water partition coefficient (Wildman–Crippen LogP) is 4.25. The number of hydrogen-bond donors (Lipinski definition) is 0. The number of anilines is 1. The first-order valence-corrected chi connectivity index (χ1v) is 12.1. The maximum absolute atomic E-state index is 6.78. The van der Waals surface area contributed by atoms with E-state index in [-0.39, 0.29) is 12.2 Å². The van der Waals surface area contributed by atoms with Crippen LogP contribution in [0.4, 0.5) is 5.69 Å². The largest absolute Gasteiger partial charge is 0.368 e. The fourth-order valence-electron chi connectivity index (χ4n) is 4.47. The summed E-state index contributed by atoms with van der Waals surface area (Å²) in [5.41, 5.74) is 3.56. The van der Waals surface area contributed by atoms with Crippen molar-refractivity contribution in [1.29, 1.82) is 0 Å². The lowest BCUT2D eigenvalue weighted by molar-refractivity contribution is -0.0234. The normalized spacial score (nSPS) is 19.8. The minimum atomic E-state index is -0.114. The van der Waals surface area contributed by atoms with Crippen LogP contribution in [0.5, 0.6) is 0 Å². The number of benzene rings is 2. The number of piperidine rings is 1. The van der Waals surface area contributed by atoms with Crippen molar-refractivity contribution in [2.24, 2.45) is 0 Å². The van der Waals surface area contributed by atoms with E-state index in [2.05, 4.69) is 84.4 Å². The van der Waals surface area contributed by atoms with Gasteiger partial charge in [-0.15, -0.1) is 11.3 Å². The van der Waals surface area contributed by atoms with Crippen molar-refractivity contribution in [2.75, 3.05) is 52.2 Å². The van der Waals surface area contributed by atoms with Crippen molar-refractivity contribution in [3.63, 3.8) is 0 Å². The van der Waals surface area contributed by atoms with Gasteiger partial charge in [0, 0.05) is 37.9 Å². The zero-order chi connectivity index (χ0) is 21.4. The lowest BCUT2D eigenvalue weighted by atomic mass is 10.0. The molecule has 2 aliphatic heterocycles. The standard InChI is InChI=1S/C25H32N4OS/c1-27(2)20-16-29(17-20)19-8-6-7-18(15-19)24(30-21-11-13-28(3)14-12-21)25-26-22-9-4-5-10-23(22)31-25/h4-10,15,20-21,24H,11-14,16-17H2,1-3H3. The molecule has 0 aliphatic carbocycles. The number of aromatic nitrogens is 1. The fourth-order valence-corrected chi connectivity index (χ4v) is 5.51. The molecule has 2 aliphatic rings. The Hall–Kier alpha value is -1.99. The minimum Gasteiger partial charge on any atom is -0.368 e. The molecule has 0 N–H and O–H groups in total. The van der Waals surface area contributed by atoms with Gasteiger partial charge in [-0.1, -0.05) is 24.3 Å². The fraction of sp³-hybridized carbons (Fsp3) is 0.480. The van der Waals surface area contributed by atoms with E-state index in [0.29, 0.717) is 6.04 Å². The molecule has 2 saturated heterocycles. The first-order chi connectivity index (χ1) is 15.1. The Morgan fingerprint density at radius 3 is 2.58 bits per heavy atom. The van der Waals surface area contributed by atoms with Crippen LogP contribution < -0.4 is 4.90 Å². The predicted molar refractivity (Wildman–Crippen MR) is 129 cm³/mol. The van der Waals surface area contributed by atoms with Crippen LogP contribution in [0.3, 0.4) is 0 Å². The van der Waals surface area contributed by atoms with Gasteiger partial charge in [0.2, 0.25) is 0 Å². The van der Waals surface area contributed by atoms with E-state index in [4.69, 9.17) is 9.72 Å². The van der Waals surface area contributed by atoms with E-state index in [1.165, 1.54) is 16.0 Å². The number of hydrogen-bond acceptors (Lipinski definition) is 6. The summed E-state index contributed by atoms with van der Waals surface area (Å²) in [5.74, 6) is 0. The Labute approximate surface area is 189 Å². The van der Waals surface area contributed by atoms with Crippen molar-refractivity contribution >= 4 is 27.2 Å². The summed E-state index contributed by atoms with van der Waals surface area (Å²) in [7, 11) is 6.52. The number of nitrogens with zero attached hydrogens (tertiary/aromatic N) is 4. The molecule has 3 aromatic rings. The average molecular weight is 437 g/mol. The van der Waals surface area contributed by atoms with Crippen LogP contribution in [0, 0.1) is 0 Å². The number of para-hydroxylation sites is 1. The Morgan fingerprint density at radius 2 is 1.84 bits per heavy atom. The van der Waals surface area contributed by atoms with Gasteiger partial charge in [-0.25, -0.2) is 4.98 Å². The molecular formula is C25H32N4OS. The second-order valence-electron chi connectivity index (χ2n) is 9.16. The number of ether oxygens (including phenoxy) is 1. The van der Waals surface area contributed by atoms with Gasteiger partial charge in [0.05, 0.1) is 16.3 Å². The molecule has 1 atom stereocenters. The van der Waals surface area contributed by atoms with Crippen LogP contribution in [-0.2, 0) is 4.74 Å². The van der Waals surface area contributed by atoms with Crippen molar-refractivity contribution in [1.82, 2.24) is 14.8 Å². The summed E-state index contributed by atoms with van der Waals surface area (Å²) in [6.07, 6.45) is 2.32. The molecular weight excluding hydrogens is 404 g/mol. The smallest absolute Gasteiger partial charge is 0.134 e. The highest BCUT2D eigenvalue weighted by Gasteiger charge is 2.30. The Balaban J connectivity index is 1.43. The van der Waals surface area contributed by atoms with Crippen molar-refractivity contribution in [2.45, 2.75) is 31.1 Å². The molecule has 2 aromatic carbocycles. The van der Waals surface area contributed by atoms with E-state index in [0.717, 1.165) is 49.5 Å². The summed E-state index contributed by atoms with van der Waals surface area (Å²) in [5, 5.41) is 1.06. The summed E-state index contributed by atoms with van der Waals surface area (Å²) < 4.78 is 8.01. The van der Waals surface area contributed by atoms with Gasteiger partial charge >= 0.3 is 0 Å². The maximum Gasteiger partial charge on any atom is 0.134 e. The Kier molecular flexibility index (Phi) is 5.97. The van der Waals surface area contributed by atoms with Gasteiger partial charge in [-0.05, 0) is 63.8 Å². The van der Waals surface area contributed by atoms with Crippen LogP contribution in [0.1, 0.15) is 29.5 Å². The SMILES string of the molecule is CN1CCC(OC(c2cccc(N3CC(N(C)C)C3)c2)c2nc3ccccc3s2)CC1. The van der Waals surface area contributed by atoms with Crippen molar-refractivity contribution in [3.05, 3.63) is 59.1 Å². The van der Waals surface area contributed by atoms with E-state index >= 15 is 0 Å². The van der Waals surface area contributed by atoms with Gasteiger partial charge in [0.1, 0.15) is 11.1 Å². The monoisotopic (exact) mass is 436 g/mol. The minimum absolute atomic E-state index is 0.114. The highest BCUT2D eigenvalue weighted by Crippen LogP contribution is 2.36. The van der Waals surface area contributed by atoms with Gasteiger partial charge in [-0.3, -0.25) is 0 Å². The third-order valence-electron chi connectivity index (χ3n) is 6.66. The number of likely N-dealkylation sites (tertiary alicyclic amines) is 1. The molecule has 0 spiro atoms. The molecule has 1 aromatic heterocycles. The molecule has 164 valence electrons. The topological polar surface area (TPSA) is 31.8 Å². The molecule has 0 radical (unpaired) electrons. The molecule has 6 heteroatoms. The molecule has 3 heterocycles. The summed E-state index contributed by atoms with van der Waals surface area (Å²) in [4.78, 5) is 12.1. The number of thiazole rings is 1. The Morgan fingerprint density at radius 1 is 1.06 bits per heavy atom. The third kappa shape index (κ3) is 4.48. The number of fused-ring (bicyclic) bond motifs is 1. The molecule has 0 bridgehead atoms. The maximum atomic E-state index is 6.78. The summed E-state index contributed by atoms with van der Waals surface area (Å²) in [6.45, 7) is 4.35. The first kappa shape index (κ1) is 20.9. The zero-order valence-electron chi connectivity index (χ0n) is 18.7. The first-order valence-electron chi connectivity index (χ1n) is 11.3. The van der Waals surface area contributed by atoms with Crippen LogP contribution in [-0.4, -0.2) is 74.3 Å². The second-order valence-corrected chi connectivity index (χ2v) is 10.2. The lowest BCUT2D eigenvalue weighted by Crippen LogP contribution is -2.57. The molecule has 1 unspecified atom stereocenters. The Bertz CT molecular complexity index is 988. The van der Waals surface area contributed by atoms with Gasteiger partial charge < -0.3 is 19.4 Å². The van der Waals surface area contributed by atoms with E-state index in [9.17, 15) is 0 Å².